The van der Waals surface area contributed by atoms with Crippen molar-refractivity contribution in [1.82, 2.24) is 34.3 Å². The number of nitrogens with zero attached hydrogens (tertiary/aromatic N) is 8. The zero-order valence-corrected chi connectivity index (χ0v) is 20.0. The topological polar surface area (TPSA) is 139 Å². The van der Waals surface area contributed by atoms with Crippen LogP contribution in [0.5, 0.6) is 0 Å². The molecule has 0 fully saturated rings. The van der Waals surface area contributed by atoms with Crippen molar-refractivity contribution < 1.29 is 0 Å². The van der Waals surface area contributed by atoms with E-state index in [2.05, 4.69) is 66.5 Å². The van der Waals surface area contributed by atoms with Gasteiger partial charge in [0.1, 0.15) is 34.4 Å². The van der Waals surface area contributed by atoms with Crippen molar-refractivity contribution in [3.63, 3.8) is 0 Å². The zero-order valence-electron chi connectivity index (χ0n) is 20.0. The third-order valence-corrected chi connectivity index (χ3v) is 6.59. The molecule has 0 atom stereocenters. The number of nitrogen functional groups attached to an aromatic ring is 1. The summed E-state index contributed by atoms with van der Waals surface area (Å²) in [5.41, 5.74) is 21.2. The predicted molar refractivity (Wildman–Crippen MR) is 149 cm³/mol. The number of pyridine rings is 2. The van der Waals surface area contributed by atoms with E-state index < -0.39 is 0 Å². The summed E-state index contributed by atoms with van der Waals surface area (Å²) < 4.78 is 3.96. The van der Waals surface area contributed by atoms with E-state index in [0.717, 1.165) is 44.6 Å². The Morgan fingerprint density at radius 2 is 1.29 bits per heavy atom. The minimum atomic E-state index is 0.482. The summed E-state index contributed by atoms with van der Waals surface area (Å²) >= 11 is 0. The third kappa shape index (κ3) is 3.21. The molecule has 7 aromatic rings. The van der Waals surface area contributed by atoms with Crippen LogP contribution in [-0.4, -0.2) is 40.6 Å². The van der Waals surface area contributed by atoms with Crippen LogP contribution in [0.3, 0.4) is 0 Å². The highest BCUT2D eigenvalue weighted by Gasteiger charge is 2.17. The average Bonchev–Trinajstić information content (AvgIpc) is 3.45. The molecular weight excluding hydrogens is 476 g/mol. The van der Waals surface area contributed by atoms with Crippen molar-refractivity contribution in [1.29, 1.82) is 0 Å². The summed E-state index contributed by atoms with van der Waals surface area (Å²) in [7, 11) is 0. The molecule has 5 aromatic heterocycles. The number of rotatable bonds is 4. The van der Waals surface area contributed by atoms with E-state index in [-0.39, 0.29) is 0 Å². The lowest BCUT2D eigenvalue weighted by atomic mass is 10.0. The average molecular weight is 497 g/mol. The fourth-order valence-corrected chi connectivity index (χ4v) is 4.92. The minimum Gasteiger partial charge on any atom is -0.390 e. The number of aromatic nitrogens is 7. The van der Waals surface area contributed by atoms with Gasteiger partial charge in [-0.25, -0.2) is 9.98 Å². The van der Waals surface area contributed by atoms with E-state index in [1.165, 1.54) is 12.7 Å². The summed E-state index contributed by atoms with van der Waals surface area (Å²) in [6.07, 6.45) is 6.15. The number of hydrogen-bond donors (Lipinski definition) is 2. The largest absolute Gasteiger partial charge is 0.390 e. The molecule has 0 aliphatic rings. The van der Waals surface area contributed by atoms with Crippen LogP contribution in [0.1, 0.15) is 0 Å². The second kappa shape index (κ2) is 8.49. The Morgan fingerprint density at radius 1 is 0.684 bits per heavy atom. The minimum absolute atomic E-state index is 0.482. The molecule has 182 valence electrons. The Kier molecular flexibility index (Phi) is 4.83. The van der Waals surface area contributed by atoms with Gasteiger partial charge in [-0.15, -0.1) is 10.2 Å². The smallest absolute Gasteiger partial charge is 0.188 e. The van der Waals surface area contributed by atoms with Gasteiger partial charge < -0.3 is 11.5 Å². The van der Waals surface area contributed by atoms with Gasteiger partial charge in [0, 0.05) is 23.8 Å². The normalized spacial score (nSPS) is 11.8. The maximum atomic E-state index is 6.46. The van der Waals surface area contributed by atoms with Crippen molar-refractivity contribution in [2.45, 2.75) is 0 Å². The number of fused-ring (bicyclic) bond motifs is 4. The van der Waals surface area contributed by atoms with Crippen molar-refractivity contribution in [2.24, 2.45) is 10.7 Å². The summed E-state index contributed by atoms with van der Waals surface area (Å²) in [5, 5.41) is 8.32. The Balaban J connectivity index is 1.27. The van der Waals surface area contributed by atoms with Crippen molar-refractivity contribution in [2.75, 3.05) is 5.73 Å². The fourth-order valence-electron chi connectivity index (χ4n) is 4.92. The summed E-state index contributed by atoms with van der Waals surface area (Å²) in [6, 6.07) is 24.2. The molecule has 7 rings (SSSR count). The van der Waals surface area contributed by atoms with Gasteiger partial charge in [0.25, 0.3) is 0 Å². The van der Waals surface area contributed by atoms with Crippen LogP contribution in [0.4, 0.5) is 11.5 Å². The molecule has 0 saturated carbocycles. The second-order valence-electron chi connectivity index (χ2n) is 8.65. The molecule has 0 amide bonds. The van der Waals surface area contributed by atoms with Gasteiger partial charge in [-0.2, -0.15) is 0 Å². The van der Waals surface area contributed by atoms with Crippen LogP contribution in [0, 0.1) is 0 Å². The van der Waals surface area contributed by atoms with Gasteiger partial charge >= 0.3 is 0 Å². The van der Waals surface area contributed by atoms with Gasteiger partial charge in [-0.1, -0.05) is 24.3 Å². The third-order valence-electron chi connectivity index (χ3n) is 6.59. The van der Waals surface area contributed by atoms with E-state index in [1.807, 2.05) is 45.5 Å². The molecule has 4 N–H and O–H groups in total. The number of hydrogen-bond acceptors (Lipinski definition) is 7. The quantitative estimate of drug-likeness (QED) is 0.269. The molecule has 0 radical (unpaired) electrons. The highest BCUT2D eigenvalue weighted by molar-refractivity contribution is 6.02. The number of nitrogens with two attached hydrogens (primary N) is 2. The lowest BCUT2D eigenvalue weighted by Gasteiger charge is -2.10. The molecule has 0 aliphatic carbocycles. The summed E-state index contributed by atoms with van der Waals surface area (Å²) in [6.45, 7) is 0. The first-order valence-electron chi connectivity index (χ1n) is 11.9. The molecule has 0 bridgehead atoms. The Morgan fingerprint density at radius 3 is 1.95 bits per heavy atom. The van der Waals surface area contributed by atoms with Crippen LogP contribution >= 0.6 is 0 Å². The van der Waals surface area contributed by atoms with Crippen LogP contribution in [-0.2, 0) is 0 Å². The molecule has 0 unspecified atom stereocenters. The highest BCUT2D eigenvalue weighted by Crippen LogP contribution is 2.37. The zero-order chi connectivity index (χ0) is 25.6. The molecule has 10 heteroatoms. The predicted octanol–water partition coefficient (Wildman–Crippen LogP) is 4.57. The fraction of sp³-hybridized carbons (Fsp3) is 0. The van der Waals surface area contributed by atoms with Crippen LogP contribution in [0.25, 0.3) is 55.7 Å². The second-order valence-corrected chi connectivity index (χ2v) is 8.65. The van der Waals surface area contributed by atoms with E-state index in [4.69, 9.17) is 11.5 Å². The first kappa shape index (κ1) is 21.6. The lowest BCUT2D eigenvalue weighted by molar-refractivity contribution is 0.984. The van der Waals surface area contributed by atoms with Crippen molar-refractivity contribution >= 4 is 51.1 Å². The van der Waals surface area contributed by atoms with E-state index in [0.29, 0.717) is 22.7 Å². The van der Waals surface area contributed by atoms with Gasteiger partial charge in [-0.3, -0.25) is 19.1 Å². The molecule has 2 aromatic carbocycles. The Bertz CT molecular complexity index is 1930. The van der Waals surface area contributed by atoms with Crippen LogP contribution in [0.2, 0.25) is 0 Å². The van der Waals surface area contributed by atoms with Crippen LogP contribution < -0.4 is 11.5 Å². The van der Waals surface area contributed by atoms with Crippen LogP contribution in [0.15, 0.2) is 96.5 Å². The van der Waals surface area contributed by atoms with E-state index >= 15 is 0 Å². The first-order chi connectivity index (χ1) is 18.7. The molecule has 5 heterocycles. The molecule has 38 heavy (non-hydrogen) atoms. The van der Waals surface area contributed by atoms with Gasteiger partial charge in [0.2, 0.25) is 0 Å². The van der Waals surface area contributed by atoms with E-state index in [1.54, 1.807) is 12.4 Å². The SMILES string of the molecule is NC=Nc1c(N)n(-c2ccc(-c3ccc(-n4c5cccnc5c5ncnnc54)cc3)cc2)c2cccnc12. The molecule has 0 saturated heterocycles. The first-order valence-corrected chi connectivity index (χ1v) is 11.9. The number of aliphatic imine (C=N–C) groups is 1. The Hall–Kier alpha value is -5.64. The Labute approximate surface area is 215 Å². The molecule has 10 nitrogen and oxygen atoms in total. The van der Waals surface area contributed by atoms with Crippen molar-refractivity contribution in [3.8, 4) is 22.5 Å². The van der Waals surface area contributed by atoms with Gasteiger partial charge in [-0.05, 0) is 59.7 Å². The van der Waals surface area contributed by atoms with Gasteiger partial charge in [0.15, 0.2) is 5.65 Å². The molecular formula is C28H20N10. The molecule has 0 spiro atoms. The number of benzene rings is 2. The summed E-state index contributed by atoms with van der Waals surface area (Å²) in [5.74, 6) is 0.482. The van der Waals surface area contributed by atoms with Gasteiger partial charge in [0.05, 0.1) is 17.4 Å². The standard InChI is InChI=1S/C28H20N10/c29-15-33-25-23-21(3-1-13-31-23)37(27(25)30)19-9-5-17(6-10-19)18-7-11-20(12-8-18)38-22-4-2-14-32-24(22)26-28(38)36-35-16-34-26/h1-16H,30H2,(H2,29,33). The lowest BCUT2D eigenvalue weighted by Crippen LogP contribution is -2.00. The van der Waals surface area contributed by atoms with Crippen molar-refractivity contribution in [3.05, 3.63) is 91.5 Å². The van der Waals surface area contributed by atoms with E-state index in [9.17, 15) is 0 Å². The maximum absolute atomic E-state index is 6.46. The monoisotopic (exact) mass is 496 g/mol. The molecule has 0 aliphatic heterocycles. The summed E-state index contributed by atoms with van der Waals surface area (Å²) in [4.78, 5) is 17.6. The number of anilines is 1. The highest BCUT2D eigenvalue weighted by atomic mass is 15.2. The maximum Gasteiger partial charge on any atom is 0.188 e.